The highest BCUT2D eigenvalue weighted by atomic mass is 32.2. The first-order chi connectivity index (χ1) is 9.70. The second-order valence-electron chi connectivity index (χ2n) is 4.15. The Morgan fingerprint density at radius 1 is 1.43 bits per heavy atom. The van der Waals surface area contributed by atoms with Gasteiger partial charge in [0, 0.05) is 25.3 Å². The summed E-state index contributed by atoms with van der Waals surface area (Å²) < 4.78 is 49.5. The minimum atomic E-state index is -4.38. The fourth-order valence-electron chi connectivity index (χ4n) is 1.65. The molecule has 0 heterocycles. The van der Waals surface area contributed by atoms with Crippen LogP contribution in [0.3, 0.4) is 0 Å². The molecule has 1 aromatic carbocycles. The van der Waals surface area contributed by atoms with Crippen LogP contribution in [0.5, 0.6) is 0 Å². The summed E-state index contributed by atoms with van der Waals surface area (Å²) in [6, 6.07) is 3.45. The summed E-state index contributed by atoms with van der Waals surface area (Å²) in [6.45, 7) is 1.20. The topological polar surface area (TPSA) is 92.5 Å². The number of rotatable bonds is 7. The Balaban J connectivity index is 3.36. The van der Waals surface area contributed by atoms with Crippen LogP contribution in [-0.4, -0.2) is 44.2 Å². The Hall–Kier alpha value is -1.81. The highest BCUT2D eigenvalue weighted by Gasteiger charge is 2.31. The third-order valence-corrected chi connectivity index (χ3v) is 4.47. The number of nitrogens with one attached hydrogen (secondary N) is 1. The van der Waals surface area contributed by atoms with Crippen LogP contribution in [-0.2, 0) is 10.0 Å². The van der Waals surface area contributed by atoms with Crippen molar-refractivity contribution in [1.29, 1.82) is 0 Å². The Labute approximate surface area is 120 Å². The van der Waals surface area contributed by atoms with Crippen LogP contribution in [0.15, 0.2) is 23.1 Å². The van der Waals surface area contributed by atoms with Gasteiger partial charge in [-0.1, -0.05) is 0 Å². The number of sulfonamides is 1. The summed E-state index contributed by atoms with van der Waals surface area (Å²) in [5.74, 6) is 0. The van der Waals surface area contributed by atoms with Crippen molar-refractivity contribution in [2.45, 2.75) is 18.2 Å². The van der Waals surface area contributed by atoms with E-state index in [-0.39, 0.29) is 0 Å². The molecule has 0 amide bonds. The number of alkyl halides is 2. The van der Waals surface area contributed by atoms with E-state index < -0.39 is 38.5 Å². The lowest BCUT2D eigenvalue weighted by Gasteiger charge is -2.17. The average Bonchev–Trinajstić information content (AvgIpc) is 2.37. The van der Waals surface area contributed by atoms with E-state index in [2.05, 4.69) is 5.32 Å². The van der Waals surface area contributed by atoms with Crippen molar-refractivity contribution in [2.24, 2.45) is 0 Å². The molecule has 1 N–H and O–H groups in total. The summed E-state index contributed by atoms with van der Waals surface area (Å²) in [6.07, 6.45) is -2.87. The number of halogens is 2. The second kappa shape index (κ2) is 6.76. The van der Waals surface area contributed by atoms with E-state index in [0.29, 0.717) is 16.5 Å². The summed E-state index contributed by atoms with van der Waals surface area (Å²) in [4.78, 5) is 9.46. The van der Waals surface area contributed by atoms with Crippen molar-refractivity contribution < 1.29 is 22.1 Å². The lowest BCUT2D eigenvalue weighted by molar-refractivity contribution is -0.387. The van der Waals surface area contributed by atoms with Gasteiger partial charge in [-0.2, -0.15) is 4.31 Å². The monoisotopic (exact) mass is 323 g/mol. The van der Waals surface area contributed by atoms with Crippen LogP contribution in [0, 0.1) is 10.1 Å². The molecule has 0 aliphatic heterocycles. The van der Waals surface area contributed by atoms with Crippen LogP contribution in [0.1, 0.15) is 6.92 Å². The molecule has 0 spiro atoms. The van der Waals surface area contributed by atoms with Gasteiger partial charge in [0.1, 0.15) is 0 Å². The van der Waals surface area contributed by atoms with Crippen LogP contribution in [0.25, 0.3) is 0 Å². The van der Waals surface area contributed by atoms with Gasteiger partial charge in [0.25, 0.3) is 12.1 Å². The molecule has 118 valence electrons. The number of hydrogen-bond donors (Lipinski definition) is 1. The normalized spacial score (nSPS) is 11.9. The molecule has 0 radical (unpaired) electrons. The molecule has 1 rings (SSSR count). The molecule has 0 atom stereocenters. The zero-order valence-corrected chi connectivity index (χ0v) is 12.2. The molecule has 0 fully saturated rings. The second-order valence-corrected chi connectivity index (χ2v) is 6.16. The highest BCUT2D eigenvalue weighted by molar-refractivity contribution is 7.89. The molecule has 0 bridgehead atoms. The summed E-state index contributed by atoms with van der Waals surface area (Å²) in [7, 11) is -3.43. The Morgan fingerprint density at radius 3 is 2.52 bits per heavy atom. The molecule has 1 aromatic rings. The van der Waals surface area contributed by atoms with Gasteiger partial charge in [0.2, 0.25) is 10.0 Å². The minimum absolute atomic E-state index is 0.354. The number of hydrogen-bond acceptors (Lipinski definition) is 5. The minimum Gasteiger partial charge on any atom is -0.385 e. The molecular weight excluding hydrogens is 308 g/mol. The van der Waals surface area contributed by atoms with Crippen molar-refractivity contribution >= 4 is 21.4 Å². The molecule has 0 unspecified atom stereocenters. The van der Waals surface area contributed by atoms with Crippen molar-refractivity contribution in [3.05, 3.63) is 28.3 Å². The van der Waals surface area contributed by atoms with E-state index in [1.165, 1.54) is 6.07 Å². The SMILES string of the molecule is CCNc1ccc([N+](=O)[O-])c(S(=O)(=O)N(C)CC(F)F)c1. The molecule has 7 nitrogen and oxygen atoms in total. The predicted octanol–water partition coefficient (Wildman–Crippen LogP) is 1.91. The van der Waals surface area contributed by atoms with Gasteiger partial charge < -0.3 is 5.32 Å². The fraction of sp³-hybridized carbons (Fsp3) is 0.455. The number of benzene rings is 1. The number of anilines is 1. The standard InChI is InChI=1S/C11H15F2N3O4S/c1-3-14-8-4-5-9(16(17)18)10(6-8)21(19,20)15(2)7-11(12)13/h4-6,11,14H,3,7H2,1-2H3. The maximum Gasteiger partial charge on any atom is 0.289 e. The quantitative estimate of drug-likeness (QED) is 0.611. The first-order valence-corrected chi connectivity index (χ1v) is 7.41. The van der Waals surface area contributed by atoms with Gasteiger partial charge in [-0.15, -0.1) is 0 Å². The Bertz CT molecular complexity index is 622. The van der Waals surface area contributed by atoms with Crippen molar-refractivity contribution in [2.75, 3.05) is 25.5 Å². The van der Waals surface area contributed by atoms with Crippen molar-refractivity contribution in [3.63, 3.8) is 0 Å². The molecule has 0 saturated carbocycles. The van der Waals surface area contributed by atoms with E-state index in [4.69, 9.17) is 0 Å². The van der Waals surface area contributed by atoms with E-state index >= 15 is 0 Å². The van der Waals surface area contributed by atoms with Crippen LogP contribution < -0.4 is 5.32 Å². The number of nitro benzene ring substituents is 1. The first kappa shape index (κ1) is 17.2. The Kier molecular flexibility index (Phi) is 5.55. The van der Waals surface area contributed by atoms with Gasteiger partial charge in [-0.3, -0.25) is 10.1 Å². The lowest BCUT2D eigenvalue weighted by Crippen LogP contribution is -2.31. The predicted molar refractivity (Wildman–Crippen MR) is 73.1 cm³/mol. The van der Waals surface area contributed by atoms with Crippen LogP contribution in [0.4, 0.5) is 20.2 Å². The zero-order chi connectivity index (χ0) is 16.2. The van der Waals surface area contributed by atoms with Crippen LogP contribution >= 0.6 is 0 Å². The average molecular weight is 323 g/mol. The summed E-state index contributed by atoms with van der Waals surface area (Å²) in [5, 5.41) is 13.7. The molecule has 0 aliphatic carbocycles. The van der Waals surface area contributed by atoms with Gasteiger partial charge in [-0.05, 0) is 19.1 Å². The molecule has 0 aliphatic rings. The molecule has 0 saturated heterocycles. The smallest absolute Gasteiger partial charge is 0.289 e. The van der Waals surface area contributed by atoms with E-state index in [9.17, 15) is 27.3 Å². The maximum atomic E-state index is 12.3. The van der Waals surface area contributed by atoms with Crippen molar-refractivity contribution in [3.8, 4) is 0 Å². The number of nitro groups is 1. The molecule has 10 heteroatoms. The third-order valence-electron chi connectivity index (χ3n) is 2.62. The van der Waals surface area contributed by atoms with E-state index in [1.807, 2.05) is 0 Å². The maximum absolute atomic E-state index is 12.3. The highest BCUT2D eigenvalue weighted by Crippen LogP contribution is 2.29. The van der Waals surface area contributed by atoms with Gasteiger partial charge in [0.05, 0.1) is 11.5 Å². The summed E-state index contributed by atoms with van der Waals surface area (Å²) >= 11 is 0. The first-order valence-electron chi connectivity index (χ1n) is 5.97. The third kappa shape index (κ3) is 4.08. The van der Waals surface area contributed by atoms with Gasteiger partial charge in [0.15, 0.2) is 4.90 Å². The summed E-state index contributed by atoms with van der Waals surface area (Å²) in [5.41, 5.74) is -0.301. The molecular formula is C11H15F2N3O4S. The zero-order valence-electron chi connectivity index (χ0n) is 11.4. The largest absolute Gasteiger partial charge is 0.385 e. The van der Waals surface area contributed by atoms with Crippen molar-refractivity contribution in [1.82, 2.24) is 4.31 Å². The number of nitrogens with zero attached hydrogens (tertiary/aromatic N) is 2. The van der Waals surface area contributed by atoms with E-state index in [1.54, 1.807) is 6.92 Å². The van der Waals surface area contributed by atoms with Crippen LogP contribution in [0.2, 0.25) is 0 Å². The molecule has 0 aromatic heterocycles. The van der Waals surface area contributed by atoms with Gasteiger partial charge >= 0.3 is 0 Å². The Morgan fingerprint density at radius 2 is 2.05 bits per heavy atom. The fourth-order valence-corrected chi connectivity index (χ4v) is 2.97. The van der Waals surface area contributed by atoms with Gasteiger partial charge in [-0.25, -0.2) is 17.2 Å². The van der Waals surface area contributed by atoms with E-state index in [0.717, 1.165) is 19.2 Å². The molecule has 21 heavy (non-hydrogen) atoms. The lowest BCUT2D eigenvalue weighted by atomic mass is 10.3.